The Bertz CT molecular complexity index is 1380. The number of nitrogens with one attached hydrogen (secondary N) is 2. The van der Waals surface area contributed by atoms with Crippen molar-refractivity contribution in [2.75, 3.05) is 27.7 Å². The topological polar surface area (TPSA) is 87.5 Å². The number of carbonyl (C=O) groups is 1. The molecule has 5 rings (SSSR count). The molecule has 3 aromatic heterocycles. The van der Waals surface area contributed by atoms with E-state index in [1.807, 2.05) is 31.3 Å². The van der Waals surface area contributed by atoms with Crippen molar-refractivity contribution in [3.8, 4) is 17.0 Å². The van der Waals surface area contributed by atoms with E-state index in [9.17, 15) is 4.79 Å². The van der Waals surface area contributed by atoms with E-state index < -0.39 is 0 Å². The van der Waals surface area contributed by atoms with Gasteiger partial charge in [0.25, 0.3) is 0 Å². The minimum atomic E-state index is 0.118. The number of hydrogen-bond acceptors (Lipinski definition) is 5. The summed E-state index contributed by atoms with van der Waals surface area (Å²) in [6, 6.07) is 9.18. The standard InChI is InChI=1S/C28H36N6O2/c1-17(2)26-22-12-19(18-6-9-21(10-7-18)31-25(35)15-33(3)4)8-11-23(22)32-27(26)20-13-24(36-5)28-29-16-30-34(28)14-20/h8,11-14,16-18,21,32H,6-7,9-10,15H2,1-5H3,(H,31,35). The quantitative estimate of drug-likeness (QED) is 0.393. The highest BCUT2D eigenvalue weighted by Gasteiger charge is 2.25. The Hall–Kier alpha value is -3.39. The number of fused-ring (bicyclic) bond motifs is 2. The monoisotopic (exact) mass is 488 g/mol. The van der Waals surface area contributed by atoms with Gasteiger partial charge in [-0.3, -0.25) is 4.79 Å². The first kappa shape index (κ1) is 24.3. The molecule has 0 saturated heterocycles. The summed E-state index contributed by atoms with van der Waals surface area (Å²) in [6.45, 7) is 4.93. The lowest BCUT2D eigenvalue weighted by molar-refractivity contribution is -0.122. The van der Waals surface area contributed by atoms with E-state index in [0.29, 0.717) is 29.8 Å². The van der Waals surface area contributed by atoms with Crippen LogP contribution in [0, 0.1) is 0 Å². The van der Waals surface area contributed by atoms with Crippen LogP contribution in [0.5, 0.6) is 5.75 Å². The highest BCUT2D eigenvalue weighted by Crippen LogP contribution is 2.40. The molecule has 8 heteroatoms. The van der Waals surface area contributed by atoms with Crippen molar-refractivity contribution < 1.29 is 9.53 Å². The lowest BCUT2D eigenvalue weighted by atomic mass is 9.81. The summed E-state index contributed by atoms with van der Waals surface area (Å²) in [5, 5.41) is 8.82. The number of aromatic amines is 1. The Kier molecular flexibility index (Phi) is 6.71. The van der Waals surface area contributed by atoms with E-state index in [-0.39, 0.29) is 11.9 Å². The average molecular weight is 489 g/mol. The predicted octanol–water partition coefficient (Wildman–Crippen LogP) is 4.71. The molecular weight excluding hydrogens is 452 g/mol. The highest BCUT2D eigenvalue weighted by molar-refractivity contribution is 5.92. The molecule has 4 aromatic rings. The zero-order valence-corrected chi connectivity index (χ0v) is 21.8. The average Bonchev–Trinajstić information content (AvgIpc) is 3.47. The zero-order valence-electron chi connectivity index (χ0n) is 21.8. The first-order valence-electron chi connectivity index (χ1n) is 12.8. The number of amides is 1. The molecule has 3 heterocycles. The third kappa shape index (κ3) is 4.69. The highest BCUT2D eigenvalue weighted by atomic mass is 16.5. The second-order valence-electron chi connectivity index (χ2n) is 10.6. The van der Waals surface area contributed by atoms with Gasteiger partial charge in [-0.05, 0) is 80.9 Å². The summed E-state index contributed by atoms with van der Waals surface area (Å²) in [4.78, 5) is 22.1. The largest absolute Gasteiger partial charge is 0.493 e. The van der Waals surface area contributed by atoms with E-state index >= 15 is 0 Å². The van der Waals surface area contributed by atoms with Crippen LogP contribution >= 0.6 is 0 Å². The number of H-pyrrole nitrogens is 1. The van der Waals surface area contributed by atoms with Crippen molar-refractivity contribution in [1.29, 1.82) is 0 Å². The third-order valence-electron chi connectivity index (χ3n) is 7.31. The maximum atomic E-state index is 12.2. The molecule has 190 valence electrons. The fraction of sp³-hybridized carbons (Fsp3) is 0.464. The van der Waals surface area contributed by atoms with Crippen molar-refractivity contribution in [1.82, 2.24) is 29.8 Å². The zero-order chi connectivity index (χ0) is 25.4. The van der Waals surface area contributed by atoms with Gasteiger partial charge in [-0.2, -0.15) is 5.10 Å². The van der Waals surface area contributed by atoms with E-state index in [1.54, 1.807) is 18.0 Å². The first-order chi connectivity index (χ1) is 17.3. The summed E-state index contributed by atoms with van der Waals surface area (Å²) >= 11 is 0. The fourth-order valence-corrected chi connectivity index (χ4v) is 5.63. The van der Waals surface area contributed by atoms with Gasteiger partial charge < -0.3 is 19.9 Å². The number of hydrogen-bond donors (Lipinski definition) is 2. The molecule has 1 aliphatic rings. The number of nitrogens with zero attached hydrogens (tertiary/aromatic N) is 4. The minimum Gasteiger partial charge on any atom is -0.493 e. The van der Waals surface area contributed by atoms with Crippen molar-refractivity contribution in [2.45, 2.75) is 57.4 Å². The van der Waals surface area contributed by atoms with Gasteiger partial charge in [0.2, 0.25) is 5.91 Å². The lowest BCUT2D eigenvalue weighted by Crippen LogP contribution is -2.41. The first-order valence-corrected chi connectivity index (χ1v) is 12.8. The normalized spacial score (nSPS) is 18.4. The van der Waals surface area contributed by atoms with Crippen LogP contribution in [-0.4, -0.2) is 64.2 Å². The molecule has 1 amide bonds. The molecular formula is C28H36N6O2. The summed E-state index contributed by atoms with van der Waals surface area (Å²) in [5.41, 5.74) is 6.66. The van der Waals surface area contributed by atoms with Crippen molar-refractivity contribution >= 4 is 22.5 Å². The Morgan fingerprint density at radius 1 is 1.22 bits per heavy atom. The number of pyridine rings is 1. The fourth-order valence-electron chi connectivity index (χ4n) is 5.63. The molecule has 2 N–H and O–H groups in total. The van der Waals surface area contributed by atoms with Gasteiger partial charge in [0.05, 0.1) is 19.3 Å². The van der Waals surface area contributed by atoms with E-state index in [1.165, 1.54) is 16.5 Å². The lowest BCUT2D eigenvalue weighted by Gasteiger charge is -2.30. The van der Waals surface area contributed by atoms with E-state index in [4.69, 9.17) is 4.74 Å². The van der Waals surface area contributed by atoms with Gasteiger partial charge in [0.15, 0.2) is 11.4 Å². The van der Waals surface area contributed by atoms with E-state index in [2.05, 4.69) is 52.4 Å². The minimum absolute atomic E-state index is 0.118. The Balaban J connectivity index is 1.43. The van der Waals surface area contributed by atoms with Crippen molar-refractivity contribution in [3.63, 3.8) is 0 Å². The number of benzene rings is 1. The van der Waals surface area contributed by atoms with Crippen LogP contribution in [0.1, 0.15) is 62.5 Å². The van der Waals surface area contributed by atoms with Gasteiger partial charge in [-0.1, -0.05) is 19.9 Å². The molecule has 1 aliphatic carbocycles. The number of carbonyl (C=O) groups excluding carboxylic acids is 1. The van der Waals surface area contributed by atoms with Crippen LogP contribution in [0.4, 0.5) is 0 Å². The Morgan fingerprint density at radius 2 is 2.00 bits per heavy atom. The maximum absolute atomic E-state index is 12.2. The molecule has 0 spiro atoms. The number of aromatic nitrogens is 4. The number of ether oxygens (including phenoxy) is 1. The molecule has 0 unspecified atom stereocenters. The Labute approximate surface area is 212 Å². The summed E-state index contributed by atoms with van der Waals surface area (Å²) < 4.78 is 7.38. The SMILES string of the molecule is COc1cc(-c2[nH]c3ccc(C4CCC(NC(=O)CN(C)C)CC4)cc3c2C(C)C)cn2ncnc12. The summed E-state index contributed by atoms with van der Waals surface area (Å²) in [7, 11) is 5.51. The van der Waals surface area contributed by atoms with Crippen LogP contribution in [0.2, 0.25) is 0 Å². The third-order valence-corrected chi connectivity index (χ3v) is 7.31. The van der Waals surface area contributed by atoms with Crippen LogP contribution in [0.25, 0.3) is 27.8 Å². The molecule has 0 radical (unpaired) electrons. The molecule has 1 saturated carbocycles. The summed E-state index contributed by atoms with van der Waals surface area (Å²) in [5.74, 6) is 1.67. The van der Waals surface area contributed by atoms with Gasteiger partial charge in [-0.15, -0.1) is 0 Å². The molecule has 1 aromatic carbocycles. The van der Waals surface area contributed by atoms with Gasteiger partial charge in [0, 0.05) is 28.7 Å². The van der Waals surface area contributed by atoms with Gasteiger partial charge >= 0.3 is 0 Å². The smallest absolute Gasteiger partial charge is 0.234 e. The van der Waals surface area contributed by atoms with Crippen molar-refractivity contribution in [2.24, 2.45) is 0 Å². The van der Waals surface area contributed by atoms with Gasteiger partial charge in [-0.25, -0.2) is 9.50 Å². The second-order valence-corrected chi connectivity index (χ2v) is 10.6. The number of methoxy groups -OCH3 is 1. The number of likely N-dealkylation sites (N-methyl/N-ethyl adjacent to an activating group) is 1. The molecule has 0 bridgehead atoms. The van der Waals surface area contributed by atoms with Crippen LogP contribution in [0.3, 0.4) is 0 Å². The van der Waals surface area contributed by atoms with E-state index in [0.717, 1.165) is 42.5 Å². The molecule has 1 fully saturated rings. The Morgan fingerprint density at radius 3 is 2.69 bits per heavy atom. The van der Waals surface area contributed by atoms with Crippen LogP contribution in [-0.2, 0) is 4.79 Å². The predicted molar refractivity (Wildman–Crippen MR) is 143 cm³/mol. The van der Waals surface area contributed by atoms with Crippen molar-refractivity contribution in [3.05, 3.63) is 47.9 Å². The summed E-state index contributed by atoms with van der Waals surface area (Å²) in [6.07, 6.45) is 7.78. The molecule has 0 aliphatic heterocycles. The molecule has 8 nitrogen and oxygen atoms in total. The maximum Gasteiger partial charge on any atom is 0.234 e. The number of rotatable bonds is 7. The van der Waals surface area contributed by atoms with Crippen LogP contribution in [0.15, 0.2) is 36.8 Å². The van der Waals surface area contributed by atoms with Crippen LogP contribution < -0.4 is 10.1 Å². The second kappa shape index (κ2) is 9.93. The molecule has 36 heavy (non-hydrogen) atoms. The van der Waals surface area contributed by atoms with Gasteiger partial charge in [0.1, 0.15) is 6.33 Å². The molecule has 0 atom stereocenters.